The molecule has 4 rings (SSSR count). The molecule has 13 heteroatoms. The van der Waals surface area contributed by atoms with Crippen molar-refractivity contribution in [1.29, 1.82) is 0 Å². The standard InChI is InChI=1S/C21H15ClF3N5O4/c22-16-7-12(9-27-19(16)33-13-2-1-3-14(8-13)34-21(23,24)25)30-18-15-6-11(20(31)32)4-5-26-17(15)28-10-29-18/h1-3,6-10H,4-5H2,(H,31,32)(H2,26,28,29,30). The molecule has 34 heavy (non-hydrogen) atoms. The summed E-state index contributed by atoms with van der Waals surface area (Å²) in [5.41, 5.74) is 1.05. The molecule has 0 bridgehead atoms. The Labute approximate surface area is 195 Å². The predicted molar refractivity (Wildman–Crippen MR) is 116 cm³/mol. The number of benzene rings is 1. The zero-order valence-corrected chi connectivity index (χ0v) is 17.8. The Morgan fingerprint density at radius 2 is 1.97 bits per heavy atom. The first-order valence-electron chi connectivity index (χ1n) is 9.67. The van der Waals surface area contributed by atoms with Crippen molar-refractivity contribution in [3.8, 4) is 17.4 Å². The third-order valence-corrected chi connectivity index (χ3v) is 4.76. The summed E-state index contributed by atoms with van der Waals surface area (Å²) >= 11 is 6.25. The summed E-state index contributed by atoms with van der Waals surface area (Å²) in [5.74, 6) is -0.718. The number of pyridine rings is 1. The maximum atomic E-state index is 12.4. The fourth-order valence-corrected chi connectivity index (χ4v) is 3.26. The molecule has 0 aliphatic carbocycles. The van der Waals surface area contributed by atoms with Crippen molar-refractivity contribution in [3.63, 3.8) is 0 Å². The lowest BCUT2D eigenvalue weighted by atomic mass is 10.1. The second kappa shape index (κ2) is 9.43. The first-order valence-corrected chi connectivity index (χ1v) is 10.0. The van der Waals surface area contributed by atoms with Crippen LogP contribution in [-0.2, 0) is 4.79 Å². The van der Waals surface area contributed by atoms with Gasteiger partial charge in [-0.25, -0.2) is 19.7 Å². The molecule has 3 N–H and O–H groups in total. The van der Waals surface area contributed by atoms with E-state index in [1.165, 1.54) is 36.8 Å². The summed E-state index contributed by atoms with van der Waals surface area (Å²) in [6, 6.07) is 6.40. The van der Waals surface area contributed by atoms with Gasteiger partial charge in [0.1, 0.15) is 34.5 Å². The van der Waals surface area contributed by atoms with Crippen molar-refractivity contribution in [1.82, 2.24) is 15.0 Å². The van der Waals surface area contributed by atoms with Gasteiger partial charge in [0.15, 0.2) is 0 Å². The number of carboxylic acids is 1. The first kappa shape index (κ1) is 23.1. The number of alkyl halides is 3. The average Bonchev–Trinajstić information content (AvgIpc) is 2.98. The Hall–Kier alpha value is -4.06. The lowest BCUT2D eigenvalue weighted by Crippen LogP contribution is -2.17. The quantitative estimate of drug-likeness (QED) is 0.423. The van der Waals surface area contributed by atoms with Crippen LogP contribution in [0.5, 0.6) is 17.4 Å². The van der Waals surface area contributed by atoms with E-state index in [1.54, 1.807) is 0 Å². The van der Waals surface area contributed by atoms with E-state index in [4.69, 9.17) is 16.3 Å². The Bertz CT molecular complexity index is 1270. The summed E-state index contributed by atoms with van der Waals surface area (Å²) in [6.07, 6.45) is -0.354. The molecule has 3 aromatic rings. The van der Waals surface area contributed by atoms with Crippen LogP contribution in [0.3, 0.4) is 0 Å². The van der Waals surface area contributed by atoms with E-state index >= 15 is 0 Å². The number of aliphatic carboxylic acids is 1. The van der Waals surface area contributed by atoms with Crippen LogP contribution in [-0.4, -0.2) is 38.9 Å². The van der Waals surface area contributed by atoms with Gasteiger partial charge in [0, 0.05) is 18.2 Å². The van der Waals surface area contributed by atoms with Gasteiger partial charge in [0.25, 0.3) is 0 Å². The van der Waals surface area contributed by atoms with Crippen LogP contribution >= 0.6 is 11.6 Å². The summed E-state index contributed by atoms with van der Waals surface area (Å²) in [4.78, 5) is 23.9. The molecular weight excluding hydrogens is 479 g/mol. The zero-order valence-electron chi connectivity index (χ0n) is 17.1. The van der Waals surface area contributed by atoms with Gasteiger partial charge in [0.2, 0.25) is 5.88 Å². The van der Waals surface area contributed by atoms with Gasteiger partial charge < -0.3 is 25.2 Å². The van der Waals surface area contributed by atoms with Crippen molar-refractivity contribution in [2.45, 2.75) is 12.8 Å². The minimum absolute atomic E-state index is 0.0374. The second-order valence-corrected chi connectivity index (χ2v) is 7.30. The van der Waals surface area contributed by atoms with Gasteiger partial charge in [-0.1, -0.05) is 17.7 Å². The molecule has 0 radical (unpaired) electrons. The molecule has 176 valence electrons. The van der Waals surface area contributed by atoms with Crippen LogP contribution in [0.1, 0.15) is 12.0 Å². The highest BCUT2D eigenvalue weighted by molar-refractivity contribution is 6.32. The molecule has 1 aliphatic heterocycles. The summed E-state index contributed by atoms with van der Waals surface area (Å²) < 4.78 is 46.6. The molecule has 0 fully saturated rings. The summed E-state index contributed by atoms with van der Waals surface area (Å²) in [5, 5.41) is 15.5. The van der Waals surface area contributed by atoms with E-state index in [1.807, 2.05) is 0 Å². The number of hydrogen-bond donors (Lipinski definition) is 3. The molecule has 0 atom stereocenters. The van der Waals surface area contributed by atoms with E-state index < -0.39 is 18.1 Å². The van der Waals surface area contributed by atoms with Crippen LogP contribution in [0.25, 0.3) is 6.08 Å². The molecule has 0 spiro atoms. The SMILES string of the molecule is O=C(O)C1=Cc2c(ncnc2Nc2cnc(Oc3cccc(OC(F)(F)F)c3)c(Cl)c2)NCC1. The lowest BCUT2D eigenvalue weighted by molar-refractivity contribution is -0.274. The number of nitrogens with zero attached hydrogens (tertiary/aromatic N) is 3. The number of nitrogens with one attached hydrogen (secondary N) is 2. The molecule has 0 unspecified atom stereocenters. The minimum atomic E-state index is -4.84. The smallest absolute Gasteiger partial charge is 0.478 e. The predicted octanol–water partition coefficient (Wildman–Crippen LogP) is 5.24. The van der Waals surface area contributed by atoms with Gasteiger partial charge in [-0.05, 0) is 30.7 Å². The van der Waals surface area contributed by atoms with Crippen LogP contribution in [0.15, 0.2) is 48.4 Å². The second-order valence-electron chi connectivity index (χ2n) is 6.90. The highest BCUT2D eigenvalue weighted by Gasteiger charge is 2.31. The van der Waals surface area contributed by atoms with Crippen LogP contribution in [0.4, 0.5) is 30.5 Å². The fourth-order valence-electron chi connectivity index (χ4n) is 3.06. The minimum Gasteiger partial charge on any atom is -0.478 e. The molecule has 0 saturated carbocycles. The molecule has 9 nitrogen and oxygen atoms in total. The Morgan fingerprint density at radius 1 is 1.18 bits per heavy atom. The fraction of sp³-hybridized carbons (Fsp3) is 0.143. The molecule has 0 amide bonds. The maximum Gasteiger partial charge on any atom is 0.573 e. The molecular formula is C21H15ClF3N5O4. The van der Waals surface area contributed by atoms with Crippen molar-refractivity contribution in [3.05, 3.63) is 59.0 Å². The largest absolute Gasteiger partial charge is 0.573 e. The van der Waals surface area contributed by atoms with Crippen molar-refractivity contribution < 1.29 is 32.5 Å². The number of carboxylic acid groups (broad SMARTS) is 1. The number of rotatable bonds is 6. The number of ether oxygens (including phenoxy) is 2. The average molecular weight is 494 g/mol. The van der Waals surface area contributed by atoms with Crippen LogP contribution in [0.2, 0.25) is 5.02 Å². The Kier molecular flexibility index (Phi) is 6.41. The van der Waals surface area contributed by atoms with E-state index in [0.717, 1.165) is 12.1 Å². The van der Waals surface area contributed by atoms with Gasteiger partial charge >= 0.3 is 12.3 Å². The zero-order chi connectivity index (χ0) is 24.3. The monoisotopic (exact) mass is 493 g/mol. The lowest BCUT2D eigenvalue weighted by Gasteiger charge is -2.13. The molecule has 1 aliphatic rings. The summed E-state index contributed by atoms with van der Waals surface area (Å²) in [6.45, 7) is 0.399. The number of hydrogen-bond acceptors (Lipinski definition) is 8. The highest BCUT2D eigenvalue weighted by Crippen LogP contribution is 2.34. The van der Waals surface area contributed by atoms with E-state index in [9.17, 15) is 23.1 Å². The van der Waals surface area contributed by atoms with Gasteiger partial charge in [0.05, 0.1) is 17.4 Å². The Balaban J connectivity index is 1.55. The number of fused-ring (bicyclic) bond motifs is 1. The topological polar surface area (TPSA) is 118 Å². The van der Waals surface area contributed by atoms with Gasteiger partial charge in [-0.2, -0.15) is 0 Å². The first-order chi connectivity index (χ1) is 16.2. The van der Waals surface area contributed by atoms with Crippen LogP contribution < -0.4 is 20.1 Å². The van der Waals surface area contributed by atoms with Crippen molar-refractivity contribution >= 4 is 41.0 Å². The number of anilines is 3. The van der Waals surface area contributed by atoms with E-state index in [2.05, 4.69) is 30.3 Å². The van der Waals surface area contributed by atoms with Crippen LogP contribution in [0, 0.1) is 0 Å². The third-order valence-electron chi connectivity index (χ3n) is 4.49. The molecule has 2 aromatic heterocycles. The number of halogens is 4. The summed E-state index contributed by atoms with van der Waals surface area (Å²) in [7, 11) is 0. The van der Waals surface area contributed by atoms with Gasteiger partial charge in [-0.15, -0.1) is 13.2 Å². The highest BCUT2D eigenvalue weighted by atomic mass is 35.5. The normalized spacial score (nSPS) is 13.1. The maximum absolute atomic E-state index is 12.4. The van der Waals surface area contributed by atoms with E-state index in [-0.39, 0.29) is 22.2 Å². The molecule has 3 heterocycles. The van der Waals surface area contributed by atoms with Crippen molar-refractivity contribution in [2.24, 2.45) is 0 Å². The molecule has 0 saturated heterocycles. The van der Waals surface area contributed by atoms with E-state index in [0.29, 0.717) is 35.9 Å². The number of aromatic nitrogens is 3. The molecule has 1 aromatic carbocycles. The Morgan fingerprint density at radius 3 is 2.71 bits per heavy atom. The van der Waals surface area contributed by atoms with Crippen molar-refractivity contribution in [2.75, 3.05) is 17.2 Å². The third kappa shape index (κ3) is 5.64. The number of carbonyl (C=O) groups is 1. The van der Waals surface area contributed by atoms with Gasteiger partial charge in [-0.3, -0.25) is 0 Å².